The second-order valence-electron chi connectivity index (χ2n) is 3.47. The number of nitrogens with two attached hydrogens (primary N) is 1. The standard InChI is InChI=1S/C10H7F3N4O2S/c11-10(12,13)19-6-3-1-5(2-4-6)15-7(18)8-16-17-9(14)20-8/h1-4H,(H2,14,17)(H,15,18). The number of carbonyl (C=O) groups excluding carboxylic acids is 1. The third kappa shape index (κ3) is 3.82. The fourth-order valence-corrected chi connectivity index (χ4v) is 1.76. The zero-order chi connectivity index (χ0) is 14.8. The summed E-state index contributed by atoms with van der Waals surface area (Å²) in [6.45, 7) is 0. The molecule has 1 amide bonds. The predicted octanol–water partition coefficient (Wildman–Crippen LogP) is 2.27. The number of rotatable bonds is 3. The summed E-state index contributed by atoms with van der Waals surface area (Å²) >= 11 is 0.896. The maximum atomic E-state index is 12.0. The van der Waals surface area contributed by atoms with Crippen molar-refractivity contribution in [1.29, 1.82) is 0 Å². The van der Waals surface area contributed by atoms with E-state index in [1.807, 2.05) is 0 Å². The third-order valence-corrected chi connectivity index (χ3v) is 2.73. The van der Waals surface area contributed by atoms with Crippen molar-refractivity contribution in [3.05, 3.63) is 29.3 Å². The fourth-order valence-electron chi connectivity index (χ4n) is 1.25. The van der Waals surface area contributed by atoms with Crippen LogP contribution in [0.5, 0.6) is 5.75 Å². The lowest BCUT2D eigenvalue weighted by Crippen LogP contribution is -2.17. The van der Waals surface area contributed by atoms with Crippen molar-refractivity contribution in [3.8, 4) is 5.75 Å². The summed E-state index contributed by atoms with van der Waals surface area (Å²) in [5, 5.41) is 9.64. The number of amides is 1. The van der Waals surface area contributed by atoms with Gasteiger partial charge in [-0.05, 0) is 24.3 Å². The van der Waals surface area contributed by atoms with Gasteiger partial charge in [-0.25, -0.2) is 0 Å². The lowest BCUT2D eigenvalue weighted by Gasteiger charge is -2.09. The number of carbonyl (C=O) groups is 1. The van der Waals surface area contributed by atoms with Crippen molar-refractivity contribution in [2.75, 3.05) is 11.1 Å². The maximum absolute atomic E-state index is 12.0. The Bertz CT molecular complexity index is 612. The van der Waals surface area contributed by atoms with E-state index in [-0.39, 0.29) is 15.9 Å². The number of benzene rings is 1. The number of nitrogen functional groups attached to an aromatic ring is 1. The molecule has 2 rings (SSSR count). The zero-order valence-electron chi connectivity index (χ0n) is 9.64. The number of nitrogens with one attached hydrogen (secondary N) is 1. The molecule has 6 nitrogen and oxygen atoms in total. The molecule has 0 aliphatic carbocycles. The Morgan fingerprint density at radius 2 is 1.90 bits per heavy atom. The first-order valence-corrected chi connectivity index (χ1v) is 5.91. The molecular weight excluding hydrogens is 297 g/mol. The highest BCUT2D eigenvalue weighted by molar-refractivity contribution is 7.16. The molecular formula is C10H7F3N4O2S. The smallest absolute Gasteiger partial charge is 0.406 e. The first-order valence-electron chi connectivity index (χ1n) is 5.09. The summed E-state index contributed by atoms with van der Waals surface area (Å²) < 4.78 is 39.6. The van der Waals surface area contributed by atoms with Gasteiger partial charge in [-0.15, -0.1) is 23.4 Å². The van der Waals surface area contributed by atoms with Crippen LogP contribution in [0.25, 0.3) is 0 Å². The van der Waals surface area contributed by atoms with Crippen LogP contribution < -0.4 is 15.8 Å². The number of hydrogen-bond acceptors (Lipinski definition) is 6. The molecule has 0 saturated carbocycles. The lowest BCUT2D eigenvalue weighted by atomic mass is 10.3. The molecule has 0 atom stereocenters. The van der Waals surface area contributed by atoms with E-state index in [0.717, 1.165) is 23.5 Å². The van der Waals surface area contributed by atoms with E-state index in [9.17, 15) is 18.0 Å². The van der Waals surface area contributed by atoms with Gasteiger partial charge < -0.3 is 15.8 Å². The molecule has 0 saturated heterocycles. The summed E-state index contributed by atoms with van der Waals surface area (Å²) in [4.78, 5) is 11.7. The van der Waals surface area contributed by atoms with Gasteiger partial charge in [0.1, 0.15) is 5.75 Å². The quantitative estimate of drug-likeness (QED) is 0.908. The number of ether oxygens (including phenoxy) is 1. The molecule has 1 heterocycles. The Balaban J connectivity index is 2.02. The second kappa shape index (κ2) is 5.33. The van der Waals surface area contributed by atoms with E-state index in [1.165, 1.54) is 12.1 Å². The van der Waals surface area contributed by atoms with E-state index in [4.69, 9.17) is 5.73 Å². The van der Waals surface area contributed by atoms with Gasteiger partial charge in [-0.3, -0.25) is 4.79 Å². The summed E-state index contributed by atoms with van der Waals surface area (Å²) in [5.41, 5.74) is 5.62. The predicted molar refractivity (Wildman–Crippen MR) is 65.4 cm³/mol. The van der Waals surface area contributed by atoms with Crippen LogP contribution in [0.3, 0.4) is 0 Å². The Labute approximate surface area is 114 Å². The van der Waals surface area contributed by atoms with E-state index in [2.05, 4.69) is 20.3 Å². The summed E-state index contributed by atoms with van der Waals surface area (Å²) in [6, 6.07) is 4.70. The first kappa shape index (κ1) is 14.1. The van der Waals surface area contributed by atoms with Crippen molar-refractivity contribution in [3.63, 3.8) is 0 Å². The normalized spacial score (nSPS) is 11.2. The van der Waals surface area contributed by atoms with Gasteiger partial charge in [0.25, 0.3) is 5.91 Å². The molecule has 1 aromatic carbocycles. The molecule has 106 valence electrons. The number of aromatic nitrogens is 2. The van der Waals surface area contributed by atoms with Gasteiger partial charge >= 0.3 is 6.36 Å². The van der Waals surface area contributed by atoms with Crippen LogP contribution in [0.1, 0.15) is 9.80 Å². The average Bonchev–Trinajstić information content (AvgIpc) is 2.77. The van der Waals surface area contributed by atoms with Crippen LogP contribution in [0.15, 0.2) is 24.3 Å². The Hall–Kier alpha value is -2.36. The van der Waals surface area contributed by atoms with Crippen molar-refractivity contribution < 1.29 is 22.7 Å². The molecule has 2 aromatic rings. The second-order valence-corrected chi connectivity index (χ2v) is 4.48. The van der Waals surface area contributed by atoms with Gasteiger partial charge in [0.15, 0.2) is 0 Å². The van der Waals surface area contributed by atoms with E-state index in [1.54, 1.807) is 0 Å². The molecule has 0 fully saturated rings. The highest BCUT2D eigenvalue weighted by Crippen LogP contribution is 2.24. The number of halogens is 3. The minimum Gasteiger partial charge on any atom is -0.406 e. The number of anilines is 2. The highest BCUT2D eigenvalue weighted by atomic mass is 32.1. The molecule has 10 heteroatoms. The monoisotopic (exact) mass is 304 g/mol. The van der Waals surface area contributed by atoms with Crippen molar-refractivity contribution >= 4 is 28.1 Å². The molecule has 0 bridgehead atoms. The van der Waals surface area contributed by atoms with Crippen LogP contribution in [0, 0.1) is 0 Å². The number of hydrogen-bond donors (Lipinski definition) is 2. The van der Waals surface area contributed by atoms with Crippen LogP contribution in [0.2, 0.25) is 0 Å². The molecule has 0 aliphatic heterocycles. The lowest BCUT2D eigenvalue weighted by molar-refractivity contribution is -0.274. The maximum Gasteiger partial charge on any atom is 0.573 e. The van der Waals surface area contributed by atoms with Gasteiger partial charge in [0.05, 0.1) is 0 Å². The van der Waals surface area contributed by atoms with Crippen molar-refractivity contribution in [1.82, 2.24) is 10.2 Å². The Kier molecular flexibility index (Phi) is 3.74. The number of alkyl halides is 3. The van der Waals surface area contributed by atoms with Crippen LogP contribution >= 0.6 is 11.3 Å². The summed E-state index contributed by atoms with van der Waals surface area (Å²) in [7, 11) is 0. The van der Waals surface area contributed by atoms with Gasteiger partial charge in [-0.2, -0.15) is 0 Å². The summed E-state index contributed by atoms with van der Waals surface area (Å²) in [5.74, 6) is -0.931. The van der Waals surface area contributed by atoms with Crippen LogP contribution in [-0.4, -0.2) is 22.5 Å². The fraction of sp³-hybridized carbons (Fsp3) is 0.100. The molecule has 0 aliphatic rings. The molecule has 20 heavy (non-hydrogen) atoms. The van der Waals surface area contributed by atoms with Crippen molar-refractivity contribution in [2.45, 2.75) is 6.36 Å². The topological polar surface area (TPSA) is 90.1 Å². The summed E-state index contributed by atoms with van der Waals surface area (Å²) in [6.07, 6.45) is -4.76. The van der Waals surface area contributed by atoms with Crippen molar-refractivity contribution in [2.24, 2.45) is 0 Å². The Morgan fingerprint density at radius 3 is 2.40 bits per heavy atom. The van der Waals surface area contributed by atoms with Crippen LogP contribution in [0.4, 0.5) is 24.0 Å². The van der Waals surface area contributed by atoms with Crippen LogP contribution in [-0.2, 0) is 0 Å². The average molecular weight is 304 g/mol. The largest absolute Gasteiger partial charge is 0.573 e. The minimum absolute atomic E-state index is 0.0538. The first-order chi connectivity index (χ1) is 9.33. The Morgan fingerprint density at radius 1 is 1.25 bits per heavy atom. The molecule has 3 N–H and O–H groups in total. The highest BCUT2D eigenvalue weighted by Gasteiger charge is 2.30. The minimum atomic E-state index is -4.76. The van der Waals surface area contributed by atoms with Gasteiger partial charge in [0.2, 0.25) is 10.1 Å². The zero-order valence-corrected chi connectivity index (χ0v) is 10.5. The van der Waals surface area contributed by atoms with Gasteiger partial charge in [0, 0.05) is 5.69 Å². The molecule has 0 unspecified atom stereocenters. The van der Waals surface area contributed by atoms with Gasteiger partial charge in [-0.1, -0.05) is 11.3 Å². The third-order valence-electron chi connectivity index (χ3n) is 1.98. The van der Waals surface area contributed by atoms with E-state index < -0.39 is 12.3 Å². The van der Waals surface area contributed by atoms with E-state index >= 15 is 0 Å². The molecule has 0 radical (unpaired) electrons. The van der Waals surface area contributed by atoms with E-state index in [0.29, 0.717) is 5.69 Å². The molecule has 1 aromatic heterocycles. The SMILES string of the molecule is Nc1nnc(C(=O)Nc2ccc(OC(F)(F)F)cc2)s1. The number of nitrogens with zero attached hydrogens (tertiary/aromatic N) is 2. The molecule has 0 spiro atoms.